The topological polar surface area (TPSA) is 214 Å². The van der Waals surface area contributed by atoms with Crippen LogP contribution in [-0.4, -0.2) is 0 Å². The first-order valence-electron chi connectivity index (χ1n) is 8.32. The van der Waals surface area contributed by atoms with E-state index in [9.17, 15) is 0 Å². The van der Waals surface area contributed by atoms with Crippen LogP contribution in [0, 0.1) is 0 Å². The molecule has 0 aliphatic rings. The van der Waals surface area contributed by atoms with Gasteiger partial charge in [-0.05, 0) is 68.6 Å². The SMILES string of the molecule is [N-]=[N+]=NCc1cc(CN=[N+]=[N-])cc(OOc2cc(CN=[N+]=[N-])cc(CN=[N+]=[N-])c2)c1. The van der Waals surface area contributed by atoms with E-state index >= 15 is 0 Å². The van der Waals surface area contributed by atoms with Crippen molar-refractivity contribution >= 4 is 0 Å². The summed E-state index contributed by atoms with van der Waals surface area (Å²) in [5.74, 6) is 0.585. The Morgan fingerprint density at radius 3 is 1.00 bits per heavy atom. The maximum atomic E-state index is 8.51. The Balaban J connectivity index is 2.26. The first-order chi connectivity index (χ1) is 14.7. The molecule has 2 aromatic carbocycles. The van der Waals surface area contributed by atoms with Gasteiger partial charge in [0, 0.05) is 19.6 Å². The Kier molecular flexibility index (Phi) is 8.55. The molecule has 2 rings (SSSR count). The van der Waals surface area contributed by atoms with Crippen molar-refractivity contribution in [2.24, 2.45) is 20.5 Å². The zero-order chi connectivity index (χ0) is 21.6. The molecule has 0 radical (unpaired) electrons. The van der Waals surface area contributed by atoms with Crippen LogP contribution in [0.2, 0.25) is 0 Å². The molecule has 0 aromatic heterocycles. The highest BCUT2D eigenvalue weighted by Gasteiger charge is 2.07. The van der Waals surface area contributed by atoms with Crippen LogP contribution in [0.25, 0.3) is 41.8 Å². The maximum absolute atomic E-state index is 8.51. The predicted molar refractivity (Wildman–Crippen MR) is 106 cm³/mol. The summed E-state index contributed by atoms with van der Waals surface area (Å²) in [4.78, 5) is 21.6. The van der Waals surface area contributed by atoms with Crippen molar-refractivity contribution in [3.63, 3.8) is 0 Å². The van der Waals surface area contributed by atoms with Crippen molar-refractivity contribution in [2.45, 2.75) is 26.2 Å². The lowest BCUT2D eigenvalue weighted by molar-refractivity contribution is -0.100. The minimum atomic E-state index is 0.0783. The average Bonchev–Trinajstić information content (AvgIpc) is 2.77. The number of azide groups is 4. The summed E-state index contributed by atoms with van der Waals surface area (Å²) in [5, 5.41) is 14.0. The van der Waals surface area contributed by atoms with Gasteiger partial charge in [-0.3, -0.25) is 9.78 Å². The molecule has 0 atom stereocenters. The predicted octanol–water partition coefficient (Wildman–Crippen LogP) is 6.30. The highest BCUT2D eigenvalue weighted by Crippen LogP contribution is 2.23. The van der Waals surface area contributed by atoms with Crippen molar-refractivity contribution in [3.8, 4) is 11.5 Å². The van der Waals surface area contributed by atoms with Gasteiger partial charge in [0.05, 0.1) is 26.2 Å². The normalized spacial score (nSPS) is 9.20. The Labute approximate surface area is 169 Å². The Hall–Kier alpha value is -4.72. The van der Waals surface area contributed by atoms with Crippen LogP contribution in [0.5, 0.6) is 11.5 Å². The van der Waals surface area contributed by atoms with Crippen LogP contribution in [0.3, 0.4) is 0 Å². The van der Waals surface area contributed by atoms with Gasteiger partial charge in [-0.15, -0.1) is 0 Å². The summed E-state index contributed by atoms with van der Waals surface area (Å²) in [5.41, 5.74) is 36.6. The van der Waals surface area contributed by atoms with E-state index < -0.39 is 0 Å². The van der Waals surface area contributed by atoms with E-state index in [1.807, 2.05) is 0 Å². The number of benzene rings is 2. The summed E-state index contributed by atoms with van der Waals surface area (Å²) in [6.07, 6.45) is 0. The Bertz CT molecular complexity index is 927. The lowest BCUT2D eigenvalue weighted by atomic mass is 10.1. The second-order valence-corrected chi connectivity index (χ2v) is 5.69. The van der Waals surface area contributed by atoms with Gasteiger partial charge in [-0.2, -0.15) is 0 Å². The molecule has 0 fully saturated rings. The fraction of sp³-hybridized carbons (Fsp3) is 0.250. The van der Waals surface area contributed by atoms with Crippen molar-refractivity contribution in [1.29, 1.82) is 0 Å². The minimum Gasteiger partial charge on any atom is -0.290 e. The van der Waals surface area contributed by atoms with E-state index in [-0.39, 0.29) is 26.2 Å². The molecule has 14 heteroatoms. The zero-order valence-corrected chi connectivity index (χ0v) is 15.5. The molecule has 0 amide bonds. The molecule has 14 nitrogen and oxygen atoms in total. The molecule has 0 aliphatic carbocycles. The molecule has 0 unspecified atom stereocenters. The van der Waals surface area contributed by atoms with Crippen molar-refractivity contribution in [2.75, 3.05) is 0 Å². The molecule has 150 valence electrons. The van der Waals surface area contributed by atoms with Gasteiger partial charge < -0.3 is 0 Å². The van der Waals surface area contributed by atoms with Gasteiger partial charge in [-0.1, -0.05) is 32.6 Å². The van der Waals surface area contributed by atoms with E-state index in [2.05, 4.69) is 40.1 Å². The van der Waals surface area contributed by atoms with Crippen LogP contribution in [-0.2, 0) is 26.2 Å². The van der Waals surface area contributed by atoms with Gasteiger partial charge in [-0.25, -0.2) is 0 Å². The third-order valence-corrected chi connectivity index (χ3v) is 3.55. The quantitative estimate of drug-likeness (QED) is 0.138. The summed E-state index contributed by atoms with van der Waals surface area (Å²) < 4.78 is 0. The highest BCUT2D eigenvalue weighted by atomic mass is 17.2. The summed E-state index contributed by atoms with van der Waals surface area (Å²) in [6.45, 7) is 0.313. The first-order valence-corrected chi connectivity index (χ1v) is 8.32. The van der Waals surface area contributed by atoms with Crippen molar-refractivity contribution in [3.05, 3.63) is 100 Å². The van der Waals surface area contributed by atoms with Crippen LogP contribution in [0.1, 0.15) is 22.3 Å². The highest BCUT2D eigenvalue weighted by molar-refractivity contribution is 5.36. The standard InChI is InChI=1S/C16H14N12O2/c17-25-21-7-11-1-12(8-22-26-18)4-15(3-11)29-30-16-5-13(9-23-27-19)2-14(6-16)10-24-28-20/h1-6H,7-10H2. The Morgan fingerprint density at radius 2 is 0.767 bits per heavy atom. The fourth-order valence-electron chi connectivity index (χ4n) is 2.47. The third kappa shape index (κ3) is 7.12. The van der Waals surface area contributed by atoms with E-state index in [1.165, 1.54) is 0 Å². The van der Waals surface area contributed by atoms with E-state index in [1.54, 1.807) is 36.4 Å². The van der Waals surface area contributed by atoms with E-state index in [0.29, 0.717) is 33.8 Å². The molecular formula is C16H14N12O2. The minimum absolute atomic E-state index is 0.0783. The zero-order valence-electron chi connectivity index (χ0n) is 15.5. The lowest BCUT2D eigenvalue weighted by Crippen LogP contribution is -2.03. The lowest BCUT2D eigenvalue weighted by Gasteiger charge is -2.11. The molecule has 30 heavy (non-hydrogen) atoms. The van der Waals surface area contributed by atoms with Crippen LogP contribution in [0.15, 0.2) is 56.9 Å². The van der Waals surface area contributed by atoms with Gasteiger partial charge in [0.1, 0.15) is 0 Å². The van der Waals surface area contributed by atoms with Crippen molar-refractivity contribution < 1.29 is 9.78 Å². The molecule has 0 spiro atoms. The number of rotatable bonds is 11. The van der Waals surface area contributed by atoms with Gasteiger partial charge in [0.2, 0.25) is 0 Å². The number of hydrogen-bond acceptors (Lipinski definition) is 6. The molecule has 0 bridgehead atoms. The first kappa shape index (κ1) is 21.6. The molecular weight excluding hydrogens is 392 g/mol. The largest absolute Gasteiger partial charge is 0.290 e. The molecule has 0 N–H and O–H groups in total. The Morgan fingerprint density at radius 1 is 0.500 bits per heavy atom. The molecule has 0 saturated heterocycles. The molecule has 2 aromatic rings. The molecule has 0 heterocycles. The van der Waals surface area contributed by atoms with Crippen LogP contribution < -0.4 is 9.78 Å². The second kappa shape index (κ2) is 11.9. The summed E-state index contributed by atoms with van der Waals surface area (Å²) >= 11 is 0. The number of hydrogen-bond donors (Lipinski definition) is 0. The monoisotopic (exact) mass is 406 g/mol. The van der Waals surface area contributed by atoms with Gasteiger partial charge in [0.15, 0.2) is 11.5 Å². The van der Waals surface area contributed by atoms with Gasteiger partial charge >= 0.3 is 0 Å². The fourth-order valence-corrected chi connectivity index (χ4v) is 2.47. The van der Waals surface area contributed by atoms with Crippen molar-refractivity contribution in [1.82, 2.24) is 0 Å². The second-order valence-electron chi connectivity index (χ2n) is 5.69. The van der Waals surface area contributed by atoms with E-state index in [0.717, 1.165) is 0 Å². The van der Waals surface area contributed by atoms with Crippen LogP contribution in [0.4, 0.5) is 0 Å². The summed E-state index contributed by atoms with van der Waals surface area (Å²) in [6, 6.07) is 9.87. The van der Waals surface area contributed by atoms with E-state index in [4.69, 9.17) is 31.9 Å². The molecule has 0 saturated carbocycles. The summed E-state index contributed by atoms with van der Waals surface area (Å²) in [7, 11) is 0. The van der Waals surface area contributed by atoms with Crippen LogP contribution >= 0.6 is 0 Å². The average molecular weight is 406 g/mol. The number of nitrogens with zero attached hydrogens (tertiary/aromatic N) is 12. The van der Waals surface area contributed by atoms with Gasteiger partial charge in [0.25, 0.3) is 0 Å². The molecule has 0 aliphatic heterocycles. The maximum Gasteiger partial charge on any atom is 0.179 e. The third-order valence-electron chi connectivity index (χ3n) is 3.55. The smallest absolute Gasteiger partial charge is 0.179 e.